The van der Waals surface area contributed by atoms with E-state index in [0.29, 0.717) is 12.0 Å². The second-order valence-electron chi connectivity index (χ2n) is 4.89. The van der Waals surface area contributed by atoms with Crippen molar-refractivity contribution in [3.8, 4) is 0 Å². The number of methoxy groups -OCH3 is 1. The summed E-state index contributed by atoms with van der Waals surface area (Å²) in [4.78, 5) is 1.46. The Morgan fingerprint density at radius 1 is 1.44 bits per heavy atom. The molecule has 0 bridgehead atoms. The van der Waals surface area contributed by atoms with Gasteiger partial charge in [-0.25, -0.2) is 0 Å². The average Bonchev–Trinajstić information content (AvgIpc) is 2.80. The summed E-state index contributed by atoms with van der Waals surface area (Å²) in [5.74, 6) is 1.86. The second kappa shape index (κ2) is 7.17. The molecule has 0 amide bonds. The first-order valence-corrected chi connectivity index (χ1v) is 7.77. The number of hydrogen-bond donors (Lipinski definition) is 1. The van der Waals surface area contributed by atoms with Gasteiger partial charge in [0.25, 0.3) is 0 Å². The normalized spacial score (nSPS) is 19.8. The van der Waals surface area contributed by atoms with E-state index >= 15 is 0 Å². The van der Waals surface area contributed by atoms with E-state index in [1.807, 2.05) is 11.8 Å². The van der Waals surface area contributed by atoms with Crippen molar-refractivity contribution in [1.29, 1.82) is 0 Å². The smallest absolute Gasteiger partial charge is 0.0615 e. The van der Waals surface area contributed by atoms with E-state index in [2.05, 4.69) is 36.5 Å². The monoisotopic (exact) mass is 265 g/mol. The molecule has 0 fully saturated rings. The molecule has 2 rings (SSSR count). The number of ether oxygens (including phenoxy) is 1. The van der Waals surface area contributed by atoms with E-state index < -0.39 is 0 Å². The van der Waals surface area contributed by atoms with Gasteiger partial charge in [-0.2, -0.15) is 0 Å². The first kappa shape index (κ1) is 13.9. The Bertz CT molecular complexity index is 363. The van der Waals surface area contributed by atoms with Gasteiger partial charge in [0.1, 0.15) is 0 Å². The first-order valence-electron chi connectivity index (χ1n) is 6.79. The summed E-state index contributed by atoms with van der Waals surface area (Å²) < 4.78 is 5.27. The molecule has 0 aromatic heterocycles. The van der Waals surface area contributed by atoms with E-state index in [-0.39, 0.29) is 0 Å². The van der Waals surface area contributed by atoms with Gasteiger partial charge in [0.05, 0.1) is 6.61 Å². The molecule has 0 spiro atoms. The number of rotatable bonds is 7. The van der Waals surface area contributed by atoms with Crippen LogP contribution in [0.4, 0.5) is 0 Å². The zero-order valence-corrected chi connectivity index (χ0v) is 12.1. The van der Waals surface area contributed by atoms with Gasteiger partial charge in [-0.15, -0.1) is 11.8 Å². The van der Waals surface area contributed by atoms with Gasteiger partial charge in [0.2, 0.25) is 0 Å². The molecule has 1 aliphatic heterocycles. The maximum Gasteiger partial charge on any atom is 0.0615 e. The minimum absolute atomic E-state index is 0.498. The van der Waals surface area contributed by atoms with Crippen LogP contribution < -0.4 is 5.32 Å². The van der Waals surface area contributed by atoms with Crippen molar-refractivity contribution in [3.63, 3.8) is 0 Å². The molecule has 18 heavy (non-hydrogen) atoms. The summed E-state index contributed by atoms with van der Waals surface area (Å²) in [5.41, 5.74) is 1.52. The van der Waals surface area contributed by atoms with Gasteiger partial charge in [-0.3, -0.25) is 0 Å². The number of hydrogen-bond acceptors (Lipinski definition) is 3. The Kier molecular flexibility index (Phi) is 5.54. The lowest BCUT2D eigenvalue weighted by atomic mass is 10.0. The van der Waals surface area contributed by atoms with E-state index in [0.717, 1.165) is 13.2 Å². The van der Waals surface area contributed by atoms with Crippen LogP contribution in [0.5, 0.6) is 0 Å². The quantitative estimate of drug-likeness (QED) is 0.817. The maximum atomic E-state index is 5.27. The highest BCUT2D eigenvalue weighted by Gasteiger charge is 2.23. The largest absolute Gasteiger partial charge is 0.383 e. The van der Waals surface area contributed by atoms with Gasteiger partial charge in [-0.05, 0) is 18.1 Å². The van der Waals surface area contributed by atoms with Gasteiger partial charge in [0, 0.05) is 36.3 Å². The van der Waals surface area contributed by atoms with Crippen molar-refractivity contribution in [1.82, 2.24) is 5.32 Å². The zero-order valence-electron chi connectivity index (χ0n) is 11.3. The van der Waals surface area contributed by atoms with Gasteiger partial charge in [0.15, 0.2) is 0 Å². The lowest BCUT2D eigenvalue weighted by Gasteiger charge is -2.20. The fourth-order valence-electron chi connectivity index (χ4n) is 2.50. The summed E-state index contributed by atoms with van der Waals surface area (Å²) in [5, 5.41) is 3.67. The summed E-state index contributed by atoms with van der Waals surface area (Å²) in [6.07, 6.45) is 2.40. The minimum Gasteiger partial charge on any atom is -0.383 e. The molecular weight excluding hydrogens is 242 g/mol. The fraction of sp³-hybridized carbons (Fsp3) is 0.600. The number of benzene rings is 1. The lowest BCUT2D eigenvalue weighted by molar-refractivity contribution is 0.161. The molecule has 3 heteroatoms. The van der Waals surface area contributed by atoms with Crippen molar-refractivity contribution in [2.45, 2.75) is 36.6 Å². The summed E-state index contributed by atoms with van der Waals surface area (Å²) in [7, 11) is 1.78. The highest BCUT2D eigenvalue weighted by molar-refractivity contribution is 7.99. The molecule has 100 valence electrons. The van der Waals surface area contributed by atoms with Crippen molar-refractivity contribution in [2.75, 3.05) is 26.0 Å². The topological polar surface area (TPSA) is 21.3 Å². The first-order chi connectivity index (χ1) is 8.85. The zero-order chi connectivity index (χ0) is 12.8. The van der Waals surface area contributed by atoms with Crippen LogP contribution in [0, 0.1) is 0 Å². The Labute approximate surface area is 114 Å². The Hall–Kier alpha value is -0.510. The predicted octanol–water partition coefficient (Wildman–Crippen LogP) is 3.28. The molecular formula is C15H23NOS. The van der Waals surface area contributed by atoms with Crippen molar-refractivity contribution in [3.05, 3.63) is 29.8 Å². The third-order valence-corrected chi connectivity index (χ3v) is 4.71. The van der Waals surface area contributed by atoms with Crippen LogP contribution in [0.25, 0.3) is 0 Å². The molecule has 0 radical (unpaired) electrons. The standard InChI is InChI=1S/C15H23NOS/c1-3-6-13(10-17-2)16-9-12-11-18-15-8-5-4-7-14(12)15/h4-5,7-8,12-13,16H,3,6,9-11H2,1-2H3. The van der Waals surface area contributed by atoms with Gasteiger partial charge in [-0.1, -0.05) is 31.5 Å². The molecule has 1 N–H and O–H groups in total. The summed E-state index contributed by atoms with van der Waals surface area (Å²) in [6, 6.07) is 9.28. The third kappa shape index (κ3) is 3.50. The Morgan fingerprint density at radius 2 is 2.28 bits per heavy atom. The minimum atomic E-state index is 0.498. The van der Waals surface area contributed by atoms with Crippen LogP contribution in [0.3, 0.4) is 0 Å². The van der Waals surface area contributed by atoms with Crippen molar-refractivity contribution >= 4 is 11.8 Å². The van der Waals surface area contributed by atoms with Crippen LogP contribution in [-0.2, 0) is 4.74 Å². The molecule has 2 nitrogen and oxygen atoms in total. The highest BCUT2D eigenvalue weighted by atomic mass is 32.2. The molecule has 0 saturated heterocycles. The van der Waals surface area contributed by atoms with Gasteiger partial charge >= 0.3 is 0 Å². The van der Waals surface area contributed by atoms with Crippen molar-refractivity contribution < 1.29 is 4.74 Å². The summed E-state index contributed by atoms with van der Waals surface area (Å²) in [6.45, 7) is 4.11. The molecule has 2 atom stereocenters. The van der Waals surface area contributed by atoms with Crippen LogP contribution in [0.2, 0.25) is 0 Å². The van der Waals surface area contributed by atoms with E-state index in [1.165, 1.54) is 29.1 Å². The molecule has 1 aromatic rings. The number of fused-ring (bicyclic) bond motifs is 1. The Balaban J connectivity index is 1.87. The molecule has 1 aromatic carbocycles. The number of thioether (sulfide) groups is 1. The molecule has 2 unspecified atom stereocenters. The maximum absolute atomic E-state index is 5.27. The van der Waals surface area contributed by atoms with Crippen LogP contribution >= 0.6 is 11.8 Å². The lowest BCUT2D eigenvalue weighted by Crippen LogP contribution is -2.36. The average molecular weight is 265 g/mol. The summed E-state index contributed by atoms with van der Waals surface area (Å²) >= 11 is 1.98. The third-order valence-electron chi connectivity index (χ3n) is 3.46. The van der Waals surface area contributed by atoms with Crippen LogP contribution in [0.1, 0.15) is 31.2 Å². The molecule has 1 heterocycles. The van der Waals surface area contributed by atoms with Crippen LogP contribution in [-0.4, -0.2) is 32.1 Å². The number of nitrogens with one attached hydrogen (secondary N) is 1. The Morgan fingerprint density at radius 3 is 3.06 bits per heavy atom. The van der Waals surface area contributed by atoms with E-state index in [9.17, 15) is 0 Å². The highest BCUT2D eigenvalue weighted by Crippen LogP contribution is 2.38. The van der Waals surface area contributed by atoms with Crippen LogP contribution in [0.15, 0.2) is 29.2 Å². The van der Waals surface area contributed by atoms with E-state index in [4.69, 9.17) is 4.74 Å². The fourth-order valence-corrected chi connectivity index (χ4v) is 3.76. The molecule has 0 aliphatic carbocycles. The van der Waals surface area contributed by atoms with Gasteiger partial charge < -0.3 is 10.1 Å². The SMILES string of the molecule is CCCC(COC)NCC1CSc2ccccc21. The van der Waals surface area contributed by atoms with E-state index in [1.54, 1.807) is 7.11 Å². The second-order valence-corrected chi connectivity index (χ2v) is 5.96. The predicted molar refractivity (Wildman–Crippen MR) is 78.5 cm³/mol. The molecule has 0 saturated carbocycles. The molecule has 1 aliphatic rings. The van der Waals surface area contributed by atoms with Crippen molar-refractivity contribution in [2.24, 2.45) is 0 Å².